The fourth-order valence-corrected chi connectivity index (χ4v) is 2.06. The Hall–Kier alpha value is -3.14. The number of nitriles is 1. The second kappa shape index (κ2) is 6.54. The summed E-state index contributed by atoms with van der Waals surface area (Å²) in [6, 6.07) is 8.32. The van der Waals surface area contributed by atoms with Gasteiger partial charge in [-0.3, -0.25) is 9.59 Å². The second-order valence-electron chi connectivity index (χ2n) is 4.32. The summed E-state index contributed by atoms with van der Waals surface area (Å²) in [6.07, 6.45) is 3.23. The minimum Gasteiger partial charge on any atom is -0.468 e. The molecular formula is C15H13N3O4. The molecule has 112 valence electrons. The number of carbonyl (C=O) groups excluding carboxylic acids is 2. The normalized spacial score (nSPS) is 10.1. The van der Waals surface area contributed by atoms with Gasteiger partial charge in [-0.05, 0) is 24.3 Å². The van der Waals surface area contributed by atoms with E-state index in [1.807, 2.05) is 6.07 Å². The zero-order chi connectivity index (χ0) is 16.1. The van der Waals surface area contributed by atoms with Gasteiger partial charge in [-0.15, -0.1) is 0 Å². The van der Waals surface area contributed by atoms with Crippen molar-refractivity contribution in [1.82, 2.24) is 9.78 Å². The summed E-state index contributed by atoms with van der Waals surface area (Å²) in [4.78, 5) is 24.0. The van der Waals surface area contributed by atoms with Crippen molar-refractivity contribution in [2.75, 3.05) is 14.2 Å². The Bertz CT molecular complexity index is 716. The van der Waals surface area contributed by atoms with Crippen LogP contribution in [0.25, 0.3) is 5.69 Å². The van der Waals surface area contributed by atoms with Crippen molar-refractivity contribution in [1.29, 1.82) is 5.26 Å². The van der Waals surface area contributed by atoms with Gasteiger partial charge < -0.3 is 9.47 Å². The molecule has 2 rings (SSSR count). The maximum Gasteiger partial charge on any atom is 0.324 e. The van der Waals surface area contributed by atoms with Gasteiger partial charge in [0.2, 0.25) is 0 Å². The van der Waals surface area contributed by atoms with E-state index in [0.717, 1.165) is 0 Å². The van der Waals surface area contributed by atoms with Crippen LogP contribution in [-0.4, -0.2) is 35.9 Å². The molecule has 0 saturated heterocycles. The molecule has 0 saturated carbocycles. The molecule has 0 aliphatic rings. The SMILES string of the molecule is COC(=O)C(C(=O)OC)c1cc(C#N)ccc1-n1cccn1. The third-order valence-corrected chi connectivity index (χ3v) is 3.09. The standard InChI is InChI=1S/C15H13N3O4/c1-21-14(19)13(15(20)22-2)11-8-10(9-16)4-5-12(11)18-7-3-6-17-18/h3-8,13H,1-2H3. The molecule has 0 aliphatic heterocycles. The summed E-state index contributed by atoms with van der Waals surface area (Å²) < 4.78 is 10.9. The van der Waals surface area contributed by atoms with Crippen LogP contribution in [0.4, 0.5) is 0 Å². The number of methoxy groups -OCH3 is 2. The molecule has 0 aliphatic carbocycles. The van der Waals surface area contributed by atoms with Gasteiger partial charge in [-0.1, -0.05) is 0 Å². The predicted molar refractivity (Wildman–Crippen MR) is 75.1 cm³/mol. The van der Waals surface area contributed by atoms with E-state index in [4.69, 9.17) is 5.26 Å². The second-order valence-corrected chi connectivity index (χ2v) is 4.32. The Labute approximate surface area is 126 Å². The minimum atomic E-state index is -1.29. The van der Waals surface area contributed by atoms with Crippen molar-refractivity contribution in [2.45, 2.75) is 5.92 Å². The first-order valence-electron chi connectivity index (χ1n) is 6.32. The molecule has 0 bridgehead atoms. The Morgan fingerprint density at radius 2 is 1.95 bits per heavy atom. The molecule has 0 fully saturated rings. The van der Waals surface area contributed by atoms with Gasteiger partial charge in [-0.2, -0.15) is 10.4 Å². The van der Waals surface area contributed by atoms with E-state index < -0.39 is 17.9 Å². The van der Waals surface area contributed by atoms with Gasteiger partial charge in [-0.25, -0.2) is 4.68 Å². The number of esters is 2. The molecule has 0 amide bonds. The first-order chi connectivity index (χ1) is 10.6. The highest BCUT2D eigenvalue weighted by Crippen LogP contribution is 2.27. The lowest BCUT2D eigenvalue weighted by atomic mass is 9.95. The van der Waals surface area contributed by atoms with Crippen LogP contribution in [0.1, 0.15) is 17.0 Å². The number of benzene rings is 1. The first-order valence-corrected chi connectivity index (χ1v) is 6.32. The average Bonchev–Trinajstić information content (AvgIpc) is 3.08. The van der Waals surface area contributed by atoms with Gasteiger partial charge >= 0.3 is 11.9 Å². The van der Waals surface area contributed by atoms with Crippen molar-refractivity contribution >= 4 is 11.9 Å². The lowest BCUT2D eigenvalue weighted by Crippen LogP contribution is -2.26. The van der Waals surface area contributed by atoms with Crippen LogP contribution < -0.4 is 0 Å². The molecule has 0 unspecified atom stereocenters. The lowest BCUT2D eigenvalue weighted by molar-refractivity contribution is -0.154. The number of nitrogens with zero attached hydrogens (tertiary/aromatic N) is 3. The van der Waals surface area contributed by atoms with Crippen LogP contribution in [0.5, 0.6) is 0 Å². The molecule has 7 heteroatoms. The van der Waals surface area contributed by atoms with Gasteiger partial charge in [0.15, 0.2) is 5.92 Å². The third-order valence-electron chi connectivity index (χ3n) is 3.09. The molecule has 1 aromatic heterocycles. The summed E-state index contributed by atoms with van der Waals surface area (Å²) in [5, 5.41) is 13.1. The molecule has 22 heavy (non-hydrogen) atoms. The van der Waals surface area contributed by atoms with E-state index in [-0.39, 0.29) is 0 Å². The van der Waals surface area contributed by atoms with Crippen LogP contribution in [0.2, 0.25) is 0 Å². The Balaban J connectivity index is 2.66. The molecule has 0 atom stereocenters. The van der Waals surface area contributed by atoms with Gasteiger partial charge in [0.1, 0.15) is 0 Å². The summed E-state index contributed by atoms with van der Waals surface area (Å²) >= 11 is 0. The summed E-state index contributed by atoms with van der Waals surface area (Å²) in [6.45, 7) is 0. The van der Waals surface area contributed by atoms with Crippen LogP contribution in [-0.2, 0) is 19.1 Å². The van der Waals surface area contributed by atoms with E-state index in [1.54, 1.807) is 30.6 Å². The first kappa shape index (κ1) is 15.3. The fraction of sp³-hybridized carbons (Fsp3) is 0.200. The van der Waals surface area contributed by atoms with Gasteiger partial charge in [0.05, 0.1) is 31.5 Å². The van der Waals surface area contributed by atoms with Crippen LogP contribution in [0, 0.1) is 11.3 Å². The number of hydrogen-bond donors (Lipinski definition) is 0. The zero-order valence-corrected chi connectivity index (χ0v) is 12.0. The van der Waals surface area contributed by atoms with E-state index in [0.29, 0.717) is 16.8 Å². The van der Waals surface area contributed by atoms with Crippen molar-refractivity contribution < 1.29 is 19.1 Å². The van der Waals surface area contributed by atoms with Crippen LogP contribution in [0.3, 0.4) is 0 Å². The quantitative estimate of drug-likeness (QED) is 0.621. The largest absolute Gasteiger partial charge is 0.468 e. The highest BCUT2D eigenvalue weighted by molar-refractivity contribution is 6.01. The summed E-state index contributed by atoms with van der Waals surface area (Å²) in [5.74, 6) is -2.83. The molecule has 2 aromatic rings. The molecule has 7 nitrogen and oxygen atoms in total. The maximum atomic E-state index is 12.0. The number of ether oxygens (including phenoxy) is 2. The summed E-state index contributed by atoms with van der Waals surface area (Å²) in [7, 11) is 2.36. The molecule has 0 radical (unpaired) electrons. The number of aromatic nitrogens is 2. The van der Waals surface area contributed by atoms with Crippen molar-refractivity contribution in [2.24, 2.45) is 0 Å². The monoisotopic (exact) mass is 299 g/mol. The third kappa shape index (κ3) is 2.81. The Morgan fingerprint density at radius 1 is 1.27 bits per heavy atom. The molecule has 0 N–H and O–H groups in total. The summed E-state index contributed by atoms with van der Waals surface area (Å²) in [5.41, 5.74) is 1.09. The van der Waals surface area contributed by atoms with E-state index in [9.17, 15) is 9.59 Å². The van der Waals surface area contributed by atoms with Crippen molar-refractivity contribution in [3.63, 3.8) is 0 Å². The number of carbonyl (C=O) groups is 2. The average molecular weight is 299 g/mol. The van der Waals surface area contributed by atoms with Crippen LogP contribution in [0.15, 0.2) is 36.7 Å². The van der Waals surface area contributed by atoms with E-state index >= 15 is 0 Å². The van der Waals surface area contributed by atoms with Crippen molar-refractivity contribution in [3.8, 4) is 11.8 Å². The molecule has 1 aromatic carbocycles. The molecular weight excluding hydrogens is 286 g/mol. The smallest absolute Gasteiger partial charge is 0.324 e. The van der Waals surface area contributed by atoms with E-state index in [2.05, 4.69) is 14.6 Å². The number of rotatable bonds is 4. The Morgan fingerprint density at radius 3 is 2.45 bits per heavy atom. The maximum absolute atomic E-state index is 12.0. The van der Waals surface area contributed by atoms with E-state index in [1.165, 1.54) is 25.0 Å². The minimum absolute atomic E-state index is 0.293. The molecule has 1 heterocycles. The lowest BCUT2D eigenvalue weighted by Gasteiger charge is -2.17. The zero-order valence-electron chi connectivity index (χ0n) is 12.0. The van der Waals surface area contributed by atoms with Crippen LogP contribution >= 0.6 is 0 Å². The highest BCUT2D eigenvalue weighted by atomic mass is 16.5. The van der Waals surface area contributed by atoms with Gasteiger partial charge in [0, 0.05) is 18.0 Å². The predicted octanol–water partition coefficient (Wildman–Crippen LogP) is 1.17. The number of hydrogen-bond acceptors (Lipinski definition) is 6. The Kier molecular flexibility index (Phi) is 4.53. The fourth-order valence-electron chi connectivity index (χ4n) is 2.06. The highest BCUT2D eigenvalue weighted by Gasteiger charge is 2.33. The van der Waals surface area contributed by atoms with Gasteiger partial charge in [0.25, 0.3) is 0 Å². The molecule has 0 spiro atoms. The topological polar surface area (TPSA) is 94.2 Å². The van der Waals surface area contributed by atoms with Crippen molar-refractivity contribution in [3.05, 3.63) is 47.8 Å².